The Morgan fingerprint density at radius 3 is 2.04 bits per heavy atom. The second-order valence-corrected chi connectivity index (χ2v) is 10.3. The Balaban J connectivity index is 5.14. The zero-order chi connectivity index (χ0) is 18.1. The van der Waals surface area contributed by atoms with E-state index in [9.17, 15) is 21.6 Å². The van der Waals surface area contributed by atoms with Crippen molar-refractivity contribution >= 4 is 25.6 Å². The summed E-state index contributed by atoms with van der Waals surface area (Å²) in [6.07, 6.45) is 2.31. The maximum Gasteiger partial charge on any atom is 0.333 e. The molecule has 0 spiro atoms. The molecule has 0 aliphatic rings. The average Bonchev–Trinajstić information content (AvgIpc) is 2.46. The molecule has 0 aromatic carbocycles. The van der Waals surface area contributed by atoms with Crippen molar-refractivity contribution < 1.29 is 26.4 Å². The quantitative estimate of drug-likeness (QED) is 0.386. The molecule has 0 N–H and O–H groups in total. The molecular weight excluding hydrogens is 340 g/mol. The summed E-state index contributed by atoms with van der Waals surface area (Å²) in [5.41, 5.74) is 0.142. The van der Waals surface area contributed by atoms with Gasteiger partial charge in [-0.1, -0.05) is 33.3 Å². The molecular formula is C15H28O6S2. The van der Waals surface area contributed by atoms with Crippen molar-refractivity contribution in [3.63, 3.8) is 0 Å². The fourth-order valence-corrected chi connectivity index (χ4v) is 6.10. The van der Waals surface area contributed by atoms with Gasteiger partial charge in [0, 0.05) is 5.57 Å². The van der Waals surface area contributed by atoms with Crippen LogP contribution >= 0.6 is 0 Å². The molecule has 0 aliphatic carbocycles. The highest BCUT2D eigenvalue weighted by Gasteiger charge is 2.31. The van der Waals surface area contributed by atoms with E-state index in [1.165, 1.54) is 6.92 Å². The third-order valence-electron chi connectivity index (χ3n) is 3.29. The van der Waals surface area contributed by atoms with Gasteiger partial charge in [-0.3, -0.25) is 0 Å². The molecule has 0 bridgehead atoms. The summed E-state index contributed by atoms with van der Waals surface area (Å²) in [5.74, 6) is -1.39. The lowest BCUT2D eigenvalue weighted by atomic mass is 10.4. The van der Waals surface area contributed by atoms with Crippen LogP contribution in [0.5, 0.6) is 0 Å². The number of ether oxygens (including phenoxy) is 1. The van der Waals surface area contributed by atoms with Crippen LogP contribution in [-0.2, 0) is 29.2 Å². The largest absolute Gasteiger partial charge is 0.461 e. The van der Waals surface area contributed by atoms with E-state index in [0.717, 1.165) is 0 Å². The van der Waals surface area contributed by atoms with Crippen molar-refractivity contribution in [1.82, 2.24) is 0 Å². The zero-order valence-electron chi connectivity index (χ0n) is 14.2. The summed E-state index contributed by atoms with van der Waals surface area (Å²) < 4.78 is 53.7. The molecule has 0 heterocycles. The Morgan fingerprint density at radius 2 is 1.57 bits per heavy atom. The van der Waals surface area contributed by atoms with E-state index >= 15 is 0 Å². The number of unbranched alkanes of at least 4 members (excludes halogenated alkanes) is 2. The summed E-state index contributed by atoms with van der Waals surface area (Å²) in [6, 6.07) is 0. The molecule has 0 aliphatic heterocycles. The lowest BCUT2D eigenvalue weighted by molar-refractivity contribution is -0.138. The third kappa shape index (κ3) is 9.10. The van der Waals surface area contributed by atoms with E-state index in [2.05, 4.69) is 6.58 Å². The van der Waals surface area contributed by atoms with Gasteiger partial charge in [0.05, 0.1) is 17.3 Å². The molecule has 23 heavy (non-hydrogen) atoms. The van der Waals surface area contributed by atoms with Crippen molar-refractivity contribution in [3.05, 3.63) is 12.2 Å². The molecule has 0 saturated heterocycles. The summed E-state index contributed by atoms with van der Waals surface area (Å²) in [7, 11) is -7.16. The highest BCUT2D eigenvalue weighted by molar-refractivity contribution is 7.95. The van der Waals surface area contributed by atoms with Gasteiger partial charge in [-0.15, -0.1) is 0 Å². The molecule has 136 valence electrons. The molecule has 8 heteroatoms. The number of hydrogen-bond acceptors (Lipinski definition) is 6. The first-order valence-corrected chi connectivity index (χ1v) is 11.3. The van der Waals surface area contributed by atoms with Crippen LogP contribution < -0.4 is 0 Å². The fourth-order valence-electron chi connectivity index (χ4n) is 1.79. The molecule has 6 nitrogen and oxygen atoms in total. The maximum absolute atomic E-state index is 12.3. The third-order valence-corrected chi connectivity index (χ3v) is 7.50. The van der Waals surface area contributed by atoms with Crippen LogP contribution in [0.2, 0.25) is 0 Å². The first-order valence-electron chi connectivity index (χ1n) is 7.80. The van der Waals surface area contributed by atoms with Crippen LogP contribution in [0.15, 0.2) is 12.2 Å². The Hall–Kier alpha value is -0.890. The second kappa shape index (κ2) is 10.1. The van der Waals surface area contributed by atoms with Crippen molar-refractivity contribution in [2.24, 2.45) is 0 Å². The number of sulfone groups is 2. The average molecular weight is 369 g/mol. The molecule has 1 unspecified atom stereocenters. The van der Waals surface area contributed by atoms with Crippen molar-refractivity contribution in [1.29, 1.82) is 0 Å². The monoisotopic (exact) mass is 368 g/mol. The van der Waals surface area contributed by atoms with Gasteiger partial charge in [0.15, 0.2) is 19.7 Å². The first-order chi connectivity index (χ1) is 10.6. The SMILES string of the molecule is C=C(C)C(=O)OCC(CS(=O)(=O)CCCC)S(=O)(=O)CCCC. The molecule has 0 saturated carbocycles. The van der Waals surface area contributed by atoms with Crippen LogP contribution in [-0.4, -0.2) is 51.9 Å². The predicted octanol–water partition coefficient (Wildman–Crippen LogP) is 1.90. The van der Waals surface area contributed by atoms with Crippen LogP contribution in [0.25, 0.3) is 0 Å². The Morgan fingerprint density at radius 1 is 1.04 bits per heavy atom. The molecule has 0 radical (unpaired) electrons. The van der Waals surface area contributed by atoms with E-state index in [4.69, 9.17) is 4.74 Å². The number of carbonyl (C=O) groups excluding carboxylic acids is 1. The van der Waals surface area contributed by atoms with E-state index in [-0.39, 0.29) is 17.1 Å². The minimum atomic E-state index is -3.65. The number of rotatable bonds is 12. The standard InChI is InChI=1S/C15H28O6S2/c1-5-7-9-22(17,18)12-14(11-21-15(16)13(3)4)23(19,20)10-8-6-2/h14H,3,5-12H2,1-2,4H3. The lowest BCUT2D eigenvalue weighted by Crippen LogP contribution is -2.37. The van der Waals surface area contributed by atoms with Gasteiger partial charge in [0.2, 0.25) is 0 Å². The van der Waals surface area contributed by atoms with Gasteiger partial charge in [-0.05, 0) is 19.8 Å². The summed E-state index contributed by atoms with van der Waals surface area (Å²) in [4.78, 5) is 11.5. The summed E-state index contributed by atoms with van der Waals surface area (Å²) >= 11 is 0. The molecule has 0 aromatic heterocycles. The fraction of sp³-hybridized carbons (Fsp3) is 0.800. The first kappa shape index (κ1) is 22.1. The zero-order valence-corrected chi connectivity index (χ0v) is 15.8. The Labute approximate surface area is 140 Å². The van der Waals surface area contributed by atoms with Crippen molar-refractivity contribution in [2.45, 2.75) is 51.7 Å². The minimum Gasteiger partial charge on any atom is -0.461 e. The van der Waals surface area contributed by atoms with Crippen molar-refractivity contribution in [2.75, 3.05) is 23.9 Å². The Bertz CT molecular complexity index is 589. The van der Waals surface area contributed by atoms with Gasteiger partial charge in [0.25, 0.3) is 0 Å². The summed E-state index contributed by atoms with van der Waals surface area (Å²) in [5, 5.41) is -1.22. The van der Waals surface area contributed by atoms with Gasteiger partial charge >= 0.3 is 5.97 Å². The molecule has 0 rings (SSSR count). The highest BCUT2D eigenvalue weighted by Crippen LogP contribution is 2.12. The maximum atomic E-state index is 12.3. The molecule has 0 amide bonds. The van der Waals surface area contributed by atoms with E-state index < -0.39 is 43.3 Å². The number of carbonyl (C=O) groups is 1. The smallest absolute Gasteiger partial charge is 0.333 e. The summed E-state index contributed by atoms with van der Waals surface area (Å²) in [6.45, 7) is 8.12. The van der Waals surface area contributed by atoms with Gasteiger partial charge in [-0.2, -0.15) is 0 Å². The number of hydrogen-bond donors (Lipinski definition) is 0. The normalized spacial score (nSPS) is 13.5. The highest BCUT2D eigenvalue weighted by atomic mass is 32.2. The van der Waals surface area contributed by atoms with Gasteiger partial charge < -0.3 is 4.74 Å². The molecule has 0 aromatic rings. The van der Waals surface area contributed by atoms with Crippen LogP contribution in [0.1, 0.15) is 46.5 Å². The Kier molecular flexibility index (Phi) is 9.68. The van der Waals surface area contributed by atoms with Crippen LogP contribution in [0, 0.1) is 0 Å². The lowest BCUT2D eigenvalue weighted by Gasteiger charge is -2.18. The predicted molar refractivity (Wildman–Crippen MR) is 91.8 cm³/mol. The van der Waals surface area contributed by atoms with Crippen LogP contribution in [0.4, 0.5) is 0 Å². The van der Waals surface area contributed by atoms with Crippen molar-refractivity contribution in [3.8, 4) is 0 Å². The second-order valence-electron chi connectivity index (χ2n) is 5.69. The molecule has 1 atom stereocenters. The number of esters is 1. The van der Waals surface area contributed by atoms with E-state index in [1.54, 1.807) is 0 Å². The van der Waals surface area contributed by atoms with Gasteiger partial charge in [-0.25, -0.2) is 21.6 Å². The molecule has 0 fully saturated rings. The van der Waals surface area contributed by atoms with Gasteiger partial charge in [0.1, 0.15) is 11.9 Å². The van der Waals surface area contributed by atoms with Crippen LogP contribution in [0.3, 0.4) is 0 Å². The van der Waals surface area contributed by atoms with E-state index in [0.29, 0.717) is 25.7 Å². The van der Waals surface area contributed by atoms with E-state index in [1.807, 2.05) is 13.8 Å². The topological polar surface area (TPSA) is 94.6 Å². The minimum absolute atomic E-state index is 0.0578.